The highest BCUT2D eigenvalue weighted by Gasteiger charge is 2.26. The number of ketones is 1. The Balaban J connectivity index is 2.95. The first-order valence-corrected chi connectivity index (χ1v) is 9.27. The highest BCUT2D eigenvalue weighted by molar-refractivity contribution is 5.99. The van der Waals surface area contributed by atoms with Crippen molar-refractivity contribution < 1.29 is 23.9 Å². The number of Topliss-reactive ketones (excluding diaryl/α,β-unsaturated/α-hetero) is 1. The minimum atomic E-state index is -0.766. The number of nitrogens with two attached hydrogens (primary N) is 1. The van der Waals surface area contributed by atoms with E-state index in [2.05, 4.69) is 5.32 Å². The quantitative estimate of drug-likeness (QED) is 0.433. The van der Waals surface area contributed by atoms with Gasteiger partial charge in [0.25, 0.3) is 0 Å². The van der Waals surface area contributed by atoms with E-state index >= 15 is 0 Å². The molecule has 0 spiro atoms. The van der Waals surface area contributed by atoms with E-state index in [4.69, 9.17) is 15.2 Å². The number of carbonyl (C=O) groups excluding carboxylic acids is 3. The minimum Gasteiger partial charge on any atom is -0.460 e. The molecular formula is C21H32N2O5. The van der Waals surface area contributed by atoms with Crippen molar-refractivity contribution in [3.63, 3.8) is 0 Å². The lowest BCUT2D eigenvalue weighted by Crippen LogP contribution is -2.42. The number of rotatable bonds is 6. The van der Waals surface area contributed by atoms with E-state index in [0.717, 1.165) is 5.56 Å². The first-order valence-electron chi connectivity index (χ1n) is 9.27. The maximum absolute atomic E-state index is 12.8. The average molecular weight is 392 g/mol. The monoisotopic (exact) mass is 392 g/mol. The molecule has 1 aromatic rings. The molecule has 0 unspecified atom stereocenters. The lowest BCUT2D eigenvalue weighted by atomic mass is 9.97. The van der Waals surface area contributed by atoms with Gasteiger partial charge in [0, 0.05) is 23.7 Å². The Morgan fingerprint density at radius 2 is 1.57 bits per heavy atom. The molecule has 0 aliphatic carbocycles. The lowest BCUT2D eigenvalue weighted by Gasteiger charge is -2.25. The smallest absolute Gasteiger partial charge is 0.407 e. The van der Waals surface area contributed by atoms with E-state index < -0.39 is 29.3 Å². The Morgan fingerprint density at radius 3 is 2.11 bits per heavy atom. The van der Waals surface area contributed by atoms with E-state index in [1.54, 1.807) is 66.7 Å². The summed E-state index contributed by atoms with van der Waals surface area (Å²) in [6, 6.07) is 4.30. The van der Waals surface area contributed by atoms with Crippen LogP contribution in [0.15, 0.2) is 18.2 Å². The second kappa shape index (κ2) is 9.08. The number of aryl methyl sites for hydroxylation is 1. The van der Waals surface area contributed by atoms with Gasteiger partial charge in [-0.05, 0) is 66.2 Å². The molecule has 0 aromatic heterocycles. The van der Waals surface area contributed by atoms with Crippen LogP contribution in [-0.2, 0) is 14.3 Å². The summed E-state index contributed by atoms with van der Waals surface area (Å²) < 4.78 is 10.6. The Hall–Kier alpha value is -2.57. The number of benzene rings is 1. The van der Waals surface area contributed by atoms with Crippen LogP contribution in [0.3, 0.4) is 0 Å². The molecule has 0 fully saturated rings. The molecule has 0 bridgehead atoms. The van der Waals surface area contributed by atoms with Gasteiger partial charge in [-0.25, -0.2) is 4.79 Å². The third kappa shape index (κ3) is 8.88. The zero-order valence-corrected chi connectivity index (χ0v) is 17.8. The van der Waals surface area contributed by atoms with Crippen molar-refractivity contribution in [3.05, 3.63) is 29.3 Å². The fourth-order valence-corrected chi connectivity index (χ4v) is 2.51. The van der Waals surface area contributed by atoms with Crippen molar-refractivity contribution in [1.29, 1.82) is 0 Å². The molecule has 0 heterocycles. The molecule has 0 radical (unpaired) electrons. The van der Waals surface area contributed by atoms with Crippen LogP contribution in [0.4, 0.5) is 10.5 Å². The summed E-state index contributed by atoms with van der Waals surface area (Å²) in [6.45, 7) is 12.3. The molecule has 156 valence electrons. The van der Waals surface area contributed by atoms with Gasteiger partial charge in [-0.15, -0.1) is 0 Å². The van der Waals surface area contributed by atoms with Gasteiger partial charge in [0.1, 0.15) is 11.2 Å². The third-order valence-corrected chi connectivity index (χ3v) is 3.55. The van der Waals surface area contributed by atoms with Gasteiger partial charge < -0.3 is 20.5 Å². The normalized spacial score (nSPS) is 12.8. The van der Waals surface area contributed by atoms with E-state index in [-0.39, 0.29) is 18.6 Å². The zero-order valence-electron chi connectivity index (χ0n) is 17.8. The molecule has 0 aliphatic heterocycles. The molecule has 3 N–H and O–H groups in total. The summed E-state index contributed by atoms with van der Waals surface area (Å²) >= 11 is 0. The maximum atomic E-state index is 12.8. The van der Waals surface area contributed by atoms with Crippen molar-refractivity contribution >= 4 is 23.5 Å². The Morgan fingerprint density at radius 1 is 1.00 bits per heavy atom. The molecule has 7 nitrogen and oxygen atoms in total. The summed E-state index contributed by atoms with van der Waals surface area (Å²) in [6.07, 6.45) is -0.926. The fourth-order valence-electron chi connectivity index (χ4n) is 2.51. The van der Waals surface area contributed by atoms with Crippen LogP contribution in [0.5, 0.6) is 0 Å². The van der Waals surface area contributed by atoms with Gasteiger partial charge in [-0.2, -0.15) is 0 Å². The number of amides is 1. The number of anilines is 1. The molecule has 0 aliphatic rings. The molecule has 1 rings (SSSR count). The summed E-state index contributed by atoms with van der Waals surface area (Å²) in [5.41, 5.74) is 6.12. The van der Waals surface area contributed by atoms with E-state index in [9.17, 15) is 14.4 Å². The second-order valence-electron chi connectivity index (χ2n) is 8.84. The van der Waals surface area contributed by atoms with Gasteiger partial charge in [0.05, 0.1) is 6.42 Å². The van der Waals surface area contributed by atoms with E-state index in [0.29, 0.717) is 11.3 Å². The number of hydrogen-bond acceptors (Lipinski definition) is 6. The van der Waals surface area contributed by atoms with Gasteiger partial charge >= 0.3 is 12.1 Å². The maximum Gasteiger partial charge on any atom is 0.407 e. The van der Waals surface area contributed by atoms with Crippen LogP contribution in [-0.4, -0.2) is 35.1 Å². The molecule has 1 aromatic carbocycles. The fraction of sp³-hybridized carbons (Fsp3) is 0.571. The molecule has 1 amide bonds. The van der Waals surface area contributed by atoms with Crippen LogP contribution in [0, 0.1) is 6.92 Å². The molecule has 0 saturated carbocycles. The van der Waals surface area contributed by atoms with Gasteiger partial charge in [-0.3, -0.25) is 9.59 Å². The van der Waals surface area contributed by atoms with Gasteiger partial charge in [0.2, 0.25) is 0 Å². The van der Waals surface area contributed by atoms with Crippen molar-refractivity contribution in [3.8, 4) is 0 Å². The van der Waals surface area contributed by atoms with Gasteiger partial charge in [0.15, 0.2) is 5.78 Å². The predicted octanol–water partition coefficient (Wildman–Crippen LogP) is 3.78. The predicted molar refractivity (Wildman–Crippen MR) is 108 cm³/mol. The largest absolute Gasteiger partial charge is 0.460 e. The number of hydrogen-bond donors (Lipinski definition) is 2. The van der Waals surface area contributed by atoms with Crippen molar-refractivity contribution in [2.45, 2.75) is 78.6 Å². The zero-order chi connectivity index (χ0) is 21.7. The molecule has 0 saturated heterocycles. The number of alkyl carbamates (subject to hydrolysis) is 1. The SMILES string of the molecule is Cc1ccc(N)cc1C(=O)C[C@@H](CC(=O)OC(C)(C)C)NC(=O)OC(C)(C)C. The van der Waals surface area contributed by atoms with Gasteiger partial charge in [-0.1, -0.05) is 6.07 Å². The summed E-state index contributed by atoms with van der Waals surface area (Å²) in [5.74, 6) is -0.736. The Bertz CT molecular complexity index is 699. The molecular weight excluding hydrogens is 360 g/mol. The summed E-state index contributed by atoms with van der Waals surface area (Å²) in [4.78, 5) is 37.1. The Kier molecular flexibility index (Phi) is 7.61. The number of carbonyl (C=O) groups is 3. The number of nitrogen functional groups attached to an aromatic ring is 1. The summed E-state index contributed by atoms with van der Waals surface area (Å²) in [5, 5.41) is 2.61. The number of nitrogens with one attached hydrogen (secondary N) is 1. The van der Waals surface area contributed by atoms with Crippen molar-refractivity contribution in [1.82, 2.24) is 5.32 Å². The molecule has 28 heavy (non-hydrogen) atoms. The van der Waals surface area contributed by atoms with Crippen LogP contribution in [0.25, 0.3) is 0 Å². The average Bonchev–Trinajstić information content (AvgIpc) is 2.45. The highest BCUT2D eigenvalue weighted by atomic mass is 16.6. The standard InChI is InChI=1S/C21H32N2O5/c1-13-8-9-14(22)10-16(13)17(24)11-15(12-18(25)27-20(2,3)4)23-19(26)28-21(5,6)7/h8-10,15H,11-12,22H2,1-7H3,(H,23,26)/t15-/m0/s1. The third-order valence-electron chi connectivity index (χ3n) is 3.55. The van der Waals surface area contributed by atoms with E-state index in [1.165, 1.54) is 0 Å². The minimum absolute atomic E-state index is 0.0806. The first-order chi connectivity index (χ1) is 12.7. The topological polar surface area (TPSA) is 108 Å². The summed E-state index contributed by atoms with van der Waals surface area (Å²) in [7, 11) is 0. The van der Waals surface area contributed by atoms with E-state index in [1.807, 2.05) is 0 Å². The lowest BCUT2D eigenvalue weighted by molar-refractivity contribution is -0.155. The van der Waals surface area contributed by atoms with Crippen LogP contribution < -0.4 is 11.1 Å². The second-order valence-corrected chi connectivity index (χ2v) is 8.84. The number of ether oxygens (including phenoxy) is 2. The van der Waals surface area contributed by atoms with Crippen molar-refractivity contribution in [2.75, 3.05) is 5.73 Å². The highest BCUT2D eigenvalue weighted by Crippen LogP contribution is 2.18. The first kappa shape index (κ1) is 23.5. The van der Waals surface area contributed by atoms with Crippen LogP contribution >= 0.6 is 0 Å². The van der Waals surface area contributed by atoms with Crippen molar-refractivity contribution in [2.24, 2.45) is 0 Å². The Labute approximate surface area is 167 Å². The van der Waals surface area contributed by atoms with Crippen LogP contribution in [0.1, 0.15) is 70.3 Å². The molecule has 1 atom stereocenters. The van der Waals surface area contributed by atoms with Crippen LogP contribution in [0.2, 0.25) is 0 Å². The number of esters is 1. The molecule has 7 heteroatoms.